The minimum absolute atomic E-state index is 0.167. The van der Waals surface area contributed by atoms with Crippen LogP contribution < -0.4 is 16.2 Å². The van der Waals surface area contributed by atoms with Gasteiger partial charge in [-0.1, -0.05) is 6.07 Å². The summed E-state index contributed by atoms with van der Waals surface area (Å²) in [6.07, 6.45) is 5.65. The van der Waals surface area contributed by atoms with Crippen LogP contribution in [0.1, 0.15) is 34.1 Å². The maximum atomic E-state index is 12.9. The van der Waals surface area contributed by atoms with Gasteiger partial charge in [-0.3, -0.25) is 9.59 Å². The molecule has 3 aromatic rings. The summed E-state index contributed by atoms with van der Waals surface area (Å²) in [5.74, 6) is 0.530. The second kappa shape index (κ2) is 6.91. The molecule has 2 atom stereocenters. The topological polar surface area (TPSA) is 80.4 Å². The van der Waals surface area contributed by atoms with Gasteiger partial charge in [0.05, 0.1) is 5.69 Å². The van der Waals surface area contributed by atoms with E-state index in [1.807, 2.05) is 45.6 Å². The molecule has 3 aromatic heterocycles. The molecule has 0 spiro atoms. The van der Waals surface area contributed by atoms with Crippen LogP contribution in [0.3, 0.4) is 0 Å². The van der Waals surface area contributed by atoms with Crippen molar-refractivity contribution in [3.05, 3.63) is 70.0 Å². The third kappa shape index (κ3) is 3.01. The van der Waals surface area contributed by atoms with E-state index in [1.54, 1.807) is 6.07 Å². The minimum Gasteiger partial charge on any atom is -0.351 e. The lowest BCUT2D eigenvalue weighted by Gasteiger charge is -2.37. The number of piperidine rings is 1. The number of carbonyl (C=O) groups is 1. The van der Waals surface area contributed by atoms with Crippen molar-refractivity contribution in [2.24, 2.45) is 5.92 Å². The first-order valence-electron chi connectivity index (χ1n) is 9.84. The first kappa shape index (κ1) is 17.2. The molecule has 0 aromatic carbocycles. The van der Waals surface area contributed by atoms with E-state index in [0.717, 1.165) is 36.5 Å². The molecule has 0 aliphatic carbocycles. The summed E-state index contributed by atoms with van der Waals surface area (Å²) >= 11 is 0. The van der Waals surface area contributed by atoms with Crippen molar-refractivity contribution in [2.45, 2.75) is 25.3 Å². The molecule has 5 rings (SSSR count). The molecule has 28 heavy (non-hydrogen) atoms. The van der Waals surface area contributed by atoms with E-state index in [4.69, 9.17) is 0 Å². The molecule has 2 aliphatic rings. The Morgan fingerprint density at radius 2 is 2.18 bits per heavy atom. The molecular formula is C21H23N5O2. The lowest BCUT2D eigenvalue weighted by molar-refractivity contribution is 0.0951. The smallest absolute Gasteiger partial charge is 0.263 e. The van der Waals surface area contributed by atoms with Crippen LogP contribution in [-0.2, 0) is 13.0 Å². The second-order valence-corrected chi connectivity index (χ2v) is 7.75. The molecule has 2 N–H and O–H groups in total. The monoisotopic (exact) mass is 377 g/mol. The Bertz CT molecular complexity index is 1070. The zero-order valence-corrected chi connectivity index (χ0v) is 15.6. The van der Waals surface area contributed by atoms with E-state index in [2.05, 4.69) is 15.6 Å². The highest BCUT2D eigenvalue weighted by Crippen LogP contribution is 2.31. The maximum Gasteiger partial charge on any atom is 0.263 e. The Hall–Kier alpha value is -2.93. The summed E-state index contributed by atoms with van der Waals surface area (Å²) in [7, 11) is 0. The summed E-state index contributed by atoms with van der Waals surface area (Å²) in [5, 5.41) is 6.31. The van der Waals surface area contributed by atoms with Crippen molar-refractivity contribution < 1.29 is 4.79 Å². The van der Waals surface area contributed by atoms with Crippen molar-refractivity contribution in [3.63, 3.8) is 0 Å². The van der Waals surface area contributed by atoms with Crippen LogP contribution >= 0.6 is 0 Å². The first-order chi connectivity index (χ1) is 13.7. The predicted molar refractivity (Wildman–Crippen MR) is 106 cm³/mol. The minimum atomic E-state index is -0.307. The summed E-state index contributed by atoms with van der Waals surface area (Å²) < 4.78 is 3.77. The fourth-order valence-corrected chi connectivity index (χ4v) is 4.47. The quantitative estimate of drug-likeness (QED) is 0.715. The van der Waals surface area contributed by atoms with Crippen LogP contribution in [0.15, 0.2) is 47.5 Å². The van der Waals surface area contributed by atoms with E-state index in [9.17, 15) is 9.59 Å². The van der Waals surface area contributed by atoms with Gasteiger partial charge >= 0.3 is 0 Å². The lowest BCUT2D eigenvalue weighted by Crippen LogP contribution is -2.46. The Balaban J connectivity index is 1.29. The van der Waals surface area contributed by atoms with Gasteiger partial charge in [0.25, 0.3) is 11.5 Å². The van der Waals surface area contributed by atoms with Gasteiger partial charge in [0.2, 0.25) is 0 Å². The van der Waals surface area contributed by atoms with E-state index >= 15 is 0 Å². The Morgan fingerprint density at radius 3 is 3.07 bits per heavy atom. The van der Waals surface area contributed by atoms with Gasteiger partial charge in [0, 0.05) is 50.1 Å². The third-order valence-corrected chi connectivity index (χ3v) is 5.83. The average molecular weight is 377 g/mol. The number of pyridine rings is 2. The molecule has 144 valence electrons. The number of rotatable bonds is 4. The van der Waals surface area contributed by atoms with E-state index in [1.165, 1.54) is 0 Å². The van der Waals surface area contributed by atoms with Crippen LogP contribution in [0, 0.1) is 5.92 Å². The van der Waals surface area contributed by atoms with Gasteiger partial charge in [-0.15, -0.1) is 0 Å². The summed E-state index contributed by atoms with van der Waals surface area (Å²) in [5.41, 5.74) is 2.91. The highest BCUT2D eigenvalue weighted by molar-refractivity contribution is 5.93. The fraction of sp³-hybridized carbons (Fsp3) is 0.381. The number of carbonyl (C=O) groups excluding carboxylic acids is 1. The molecular weight excluding hydrogens is 354 g/mol. The zero-order chi connectivity index (χ0) is 19.1. The number of hydrogen-bond acceptors (Lipinski definition) is 4. The number of imidazole rings is 1. The third-order valence-electron chi connectivity index (χ3n) is 5.83. The van der Waals surface area contributed by atoms with Crippen LogP contribution in [0.4, 0.5) is 0 Å². The second-order valence-electron chi connectivity index (χ2n) is 7.75. The number of nitrogens with one attached hydrogen (secondary N) is 2. The Kier molecular flexibility index (Phi) is 4.24. The van der Waals surface area contributed by atoms with E-state index in [-0.39, 0.29) is 17.0 Å². The van der Waals surface area contributed by atoms with Gasteiger partial charge in [0.1, 0.15) is 11.2 Å². The molecule has 0 saturated carbocycles. The van der Waals surface area contributed by atoms with Gasteiger partial charge < -0.3 is 19.6 Å². The first-order valence-corrected chi connectivity index (χ1v) is 9.84. The summed E-state index contributed by atoms with van der Waals surface area (Å²) in [4.78, 5) is 30.0. The van der Waals surface area contributed by atoms with Gasteiger partial charge in [0.15, 0.2) is 0 Å². The number of aromatic nitrogens is 3. The number of nitrogens with zero attached hydrogens (tertiary/aromatic N) is 3. The fourth-order valence-electron chi connectivity index (χ4n) is 4.47. The molecule has 1 fully saturated rings. The number of hydrogen-bond donors (Lipinski definition) is 2. The van der Waals surface area contributed by atoms with Gasteiger partial charge in [-0.25, -0.2) is 4.98 Å². The summed E-state index contributed by atoms with van der Waals surface area (Å²) in [6, 6.07) is 9.48. The standard InChI is InChI=1S/C21H23N5O2/c27-20(23-7-6-16-13-25-8-2-1-3-19(25)24-16)17-4-5-18-15-9-14(10-22-11-15)12-26(18)21(17)28/h1-5,8,13-15,22H,6-7,9-12H2,(H,23,27)/t14-,15+/m0/s1. The maximum absolute atomic E-state index is 12.9. The predicted octanol–water partition coefficient (Wildman–Crippen LogP) is 1.18. The summed E-state index contributed by atoms with van der Waals surface area (Å²) in [6.45, 7) is 2.98. The van der Waals surface area contributed by atoms with Crippen LogP contribution in [-0.4, -0.2) is 39.5 Å². The highest BCUT2D eigenvalue weighted by Gasteiger charge is 2.31. The highest BCUT2D eigenvalue weighted by atomic mass is 16.2. The normalized spacial score (nSPS) is 20.7. The number of fused-ring (bicyclic) bond motifs is 5. The van der Waals surface area contributed by atoms with Crippen LogP contribution in [0.25, 0.3) is 5.65 Å². The van der Waals surface area contributed by atoms with Crippen LogP contribution in [0.5, 0.6) is 0 Å². The number of amides is 1. The molecule has 7 heteroatoms. The van der Waals surface area contributed by atoms with E-state index < -0.39 is 0 Å². The molecule has 0 unspecified atom stereocenters. The molecule has 0 radical (unpaired) electrons. The van der Waals surface area contributed by atoms with Crippen molar-refractivity contribution in [3.8, 4) is 0 Å². The van der Waals surface area contributed by atoms with Crippen molar-refractivity contribution in [1.82, 2.24) is 24.6 Å². The molecule has 2 bridgehead atoms. The molecule has 7 nitrogen and oxygen atoms in total. The molecule has 1 amide bonds. The lowest BCUT2D eigenvalue weighted by atomic mass is 9.84. The van der Waals surface area contributed by atoms with E-state index in [0.29, 0.717) is 31.3 Å². The van der Waals surface area contributed by atoms with Crippen LogP contribution in [0.2, 0.25) is 0 Å². The van der Waals surface area contributed by atoms with Crippen molar-refractivity contribution >= 4 is 11.6 Å². The Labute approximate surface area is 162 Å². The van der Waals surface area contributed by atoms with Crippen molar-refractivity contribution in [1.29, 1.82) is 0 Å². The SMILES string of the molecule is O=C(NCCc1cn2ccccc2n1)c1ccc2n(c1=O)C[C@@H]1CNC[C@H]2C1. The van der Waals surface area contributed by atoms with Gasteiger partial charge in [-0.05, 0) is 43.1 Å². The molecule has 1 saturated heterocycles. The molecule has 5 heterocycles. The average Bonchev–Trinajstić information content (AvgIpc) is 3.12. The Morgan fingerprint density at radius 1 is 1.25 bits per heavy atom. The van der Waals surface area contributed by atoms with Gasteiger partial charge in [-0.2, -0.15) is 0 Å². The zero-order valence-electron chi connectivity index (χ0n) is 15.6. The molecule has 2 aliphatic heterocycles. The van der Waals surface area contributed by atoms with Crippen molar-refractivity contribution in [2.75, 3.05) is 19.6 Å². The largest absolute Gasteiger partial charge is 0.351 e.